The first-order chi connectivity index (χ1) is 10.3. The van der Waals surface area contributed by atoms with Crippen LogP contribution in [0, 0.1) is 0 Å². The van der Waals surface area contributed by atoms with Gasteiger partial charge in [0.15, 0.2) is 17.2 Å². The Balaban J connectivity index is 2.29. The first kappa shape index (κ1) is 15.7. The normalized spacial score (nSPS) is 10.4. The lowest BCUT2D eigenvalue weighted by Crippen LogP contribution is -2.07. The van der Waals surface area contributed by atoms with Crippen LogP contribution in [-0.2, 0) is 6.54 Å². The minimum absolute atomic E-state index is 0.591. The van der Waals surface area contributed by atoms with Gasteiger partial charge >= 0.3 is 0 Å². The molecule has 1 N–H and O–H groups in total. The van der Waals surface area contributed by atoms with Gasteiger partial charge in [0.25, 0.3) is 0 Å². The lowest BCUT2D eigenvalue weighted by atomic mass is 10.2. The van der Waals surface area contributed by atoms with Crippen molar-refractivity contribution in [3.8, 4) is 17.2 Å². The third kappa shape index (κ3) is 4.13. The molecule has 2 aromatic carbocycles. The molecule has 2 rings (SSSR count). The van der Waals surface area contributed by atoms with E-state index in [0.717, 1.165) is 17.7 Å². The van der Waals surface area contributed by atoms with E-state index in [1.54, 1.807) is 0 Å². The molecule has 3 nitrogen and oxygen atoms in total. The van der Waals surface area contributed by atoms with Crippen LogP contribution in [0.15, 0.2) is 42.5 Å². The molecule has 0 aliphatic carbocycles. The molecule has 0 aliphatic heterocycles. The number of rotatable bonds is 7. The Bertz CT molecular complexity index is 587. The second kappa shape index (κ2) is 7.91. The molecule has 2 aromatic rings. The van der Waals surface area contributed by atoms with Crippen LogP contribution in [0.1, 0.15) is 18.9 Å². The maximum Gasteiger partial charge on any atom is 0.169 e. The number of nitrogens with one attached hydrogen (secondary N) is 1. The zero-order valence-electron chi connectivity index (χ0n) is 12.4. The van der Waals surface area contributed by atoms with E-state index in [4.69, 9.17) is 21.1 Å². The largest absolute Gasteiger partial charge is 0.490 e. The highest BCUT2D eigenvalue weighted by Crippen LogP contribution is 2.37. The van der Waals surface area contributed by atoms with Gasteiger partial charge in [-0.2, -0.15) is 0 Å². The summed E-state index contributed by atoms with van der Waals surface area (Å²) in [6.45, 7) is 3.42. The third-order valence-corrected chi connectivity index (χ3v) is 3.24. The Morgan fingerprint density at radius 3 is 2.52 bits per heavy atom. The van der Waals surface area contributed by atoms with E-state index in [1.165, 1.54) is 0 Å². The number of hydrogen-bond acceptors (Lipinski definition) is 3. The molecule has 0 amide bonds. The first-order valence-electron chi connectivity index (χ1n) is 7.08. The van der Waals surface area contributed by atoms with Crippen LogP contribution < -0.4 is 14.8 Å². The Hall–Kier alpha value is -1.71. The minimum atomic E-state index is 0.591. The standard InChI is InChI=1S/C17H20ClNO2/c1-3-11-20-15-9-4-5-10-16(15)21-17-13(12-19-2)7-6-8-14(17)18/h4-10,19H,3,11-12H2,1-2H3. The van der Waals surface area contributed by atoms with Crippen molar-refractivity contribution in [3.63, 3.8) is 0 Å². The zero-order valence-corrected chi connectivity index (χ0v) is 13.1. The van der Waals surface area contributed by atoms with Gasteiger partial charge in [-0.25, -0.2) is 0 Å². The lowest BCUT2D eigenvalue weighted by Gasteiger charge is -2.15. The summed E-state index contributed by atoms with van der Waals surface area (Å²) in [5, 5.41) is 3.71. The van der Waals surface area contributed by atoms with Crippen LogP contribution >= 0.6 is 11.6 Å². The van der Waals surface area contributed by atoms with E-state index in [9.17, 15) is 0 Å². The molecule has 0 bridgehead atoms. The highest BCUT2D eigenvalue weighted by atomic mass is 35.5. The van der Waals surface area contributed by atoms with Crippen molar-refractivity contribution in [2.24, 2.45) is 0 Å². The predicted molar refractivity (Wildman–Crippen MR) is 86.5 cm³/mol. The van der Waals surface area contributed by atoms with Gasteiger partial charge in [-0.1, -0.05) is 42.8 Å². The van der Waals surface area contributed by atoms with Crippen LogP contribution in [-0.4, -0.2) is 13.7 Å². The van der Waals surface area contributed by atoms with Crippen molar-refractivity contribution in [2.75, 3.05) is 13.7 Å². The summed E-state index contributed by atoms with van der Waals surface area (Å²) in [5.74, 6) is 2.08. The molecule has 0 aliphatic rings. The maximum absolute atomic E-state index is 6.28. The number of hydrogen-bond donors (Lipinski definition) is 1. The van der Waals surface area contributed by atoms with Gasteiger partial charge in [0.05, 0.1) is 11.6 Å². The Kier molecular flexibility index (Phi) is 5.90. The fourth-order valence-electron chi connectivity index (χ4n) is 1.97. The van der Waals surface area contributed by atoms with Gasteiger partial charge in [0.2, 0.25) is 0 Å². The average molecular weight is 306 g/mol. The van der Waals surface area contributed by atoms with Gasteiger partial charge in [0.1, 0.15) is 0 Å². The molecule has 0 saturated carbocycles. The van der Waals surface area contributed by atoms with Crippen molar-refractivity contribution < 1.29 is 9.47 Å². The molecule has 0 spiro atoms. The average Bonchev–Trinajstić information content (AvgIpc) is 2.50. The van der Waals surface area contributed by atoms with Gasteiger partial charge in [-0.05, 0) is 31.7 Å². The molecule has 0 radical (unpaired) electrons. The molecule has 0 aromatic heterocycles. The first-order valence-corrected chi connectivity index (χ1v) is 7.45. The smallest absolute Gasteiger partial charge is 0.169 e. The molecule has 0 unspecified atom stereocenters. The van der Waals surface area contributed by atoms with Crippen molar-refractivity contribution >= 4 is 11.6 Å². The third-order valence-electron chi connectivity index (χ3n) is 2.94. The zero-order chi connectivity index (χ0) is 15.1. The topological polar surface area (TPSA) is 30.5 Å². The highest BCUT2D eigenvalue weighted by molar-refractivity contribution is 6.32. The quantitative estimate of drug-likeness (QED) is 0.808. The van der Waals surface area contributed by atoms with Crippen molar-refractivity contribution in [1.82, 2.24) is 5.32 Å². The fourth-order valence-corrected chi connectivity index (χ4v) is 2.21. The molecular weight excluding hydrogens is 286 g/mol. The van der Waals surface area contributed by atoms with E-state index < -0.39 is 0 Å². The minimum Gasteiger partial charge on any atom is -0.490 e. The molecule has 0 saturated heterocycles. The van der Waals surface area contributed by atoms with Crippen molar-refractivity contribution in [1.29, 1.82) is 0 Å². The van der Waals surface area contributed by atoms with E-state index in [1.807, 2.05) is 49.5 Å². The Morgan fingerprint density at radius 1 is 1.05 bits per heavy atom. The summed E-state index contributed by atoms with van der Waals surface area (Å²) < 4.78 is 11.7. The maximum atomic E-state index is 6.28. The SMILES string of the molecule is CCCOc1ccccc1Oc1c(Cl)cccc1CNC. The lowest BCUT2D eigenvalue weighted by molar-refractivity contribution is 0.302. The van der Waals surface area contributed by atoms with Gasteiger partial charge in [-0.15, -0.1) is 0 Å². The van der Waals surface area contributed by atoms with Gasteiger partial charge < -0.3 is 14.8 Å². The summed E-state index contributed by atoms with van der Waals surface area (Å²) in [6.07, 6.45) is 0.950. The second-order valence-electron chi connectivity index (χ2n) is 4.66. The molecule has 4 heteroatoms. The monoisotopic (exact) mass is 305 g/mol. The number of benzene rings is 2. The van der Waals surface area contributed by atoms with E-state index in [-0.39, 0.29) is 0 Å². The van der Waals surface area contributed by atoms with Gasteiger partial charge in [0, 0.05) is 12.1 Å². The van der Waals surface area contributed by atoms with Crippen LogP contribution in [0.5, 0.6) is 17.2 Å². The van der Waals surface area contributed by atoms with Crippen LogP contribution in [0.2, 0.25) is 5.02 Å². The number of ether oxygens (including phenoxy) is 2. The fraction of sp³-hybridized carbons (Fsp3) is 0.294. The summed E-state index contributed by atoms with van der Waals surface area (Å²) >= 11 is 6.28. The van der Waals surface area contributed by atoms with Crippen LogP contribution in [0.4, 0.5) is 0 Å². The molecular formula is C17H20ClNO2. The summed E-state index contributed by atoms with van der Waals surface area (Å²) in [6, 6.07) is 13.4. The molecule has 0 heterocycles. The van der Waals surface area contributed by atoms with E-state index in [0.29, 0.717) is 29.7 Å². The van der Waals surface area contributed by atoms with E-state index >= 15 is 0 Å². The Labute approximate surface area is 130 Å². The highest BCUT2D eigenvalue weighted by Gasteiger charge is 2.12. The predicted octanol–water partition coefficient (Wildman–Crippen LogP) is 4.64. The Morgan fingerprint density at radius 2 is 1.81 bits per heavy atom. The number of para-hydroxylation sites is 3. The second-order valence-corrected chi connectivity index (χ2v) is 5.06. The molecule has 0 atom stereocenters. The van der Waals surface area contributed by atoms with Crippen LogP contribution in [0.3, 0.4) is 0 Å². The summed E-state index contributed by atoms with van der Waals surface area (Å²) in [5.41, 5.74) is 1.01. The van der Waals surface area contributed by atoms with Crippen molar-refractivity contribution in [3.05, 3.63) is 53.1 Å². The summed E-state index contributed by atoms with van der Waals surface area (Å²) in [7, 11) is 1.89. The molecule has 0 fully saturated rings. The molecule has 21 heavy (non-hydrogen) atoms. The molecule has 112 valence electrons. The van der Waals surface area contributed by atoms with Crippen molar-refractivity contribution in [2.45, 2.75) is 19.9 Å². The van der Waals surface area contributed by atoms with Gasteiger partial charge in [-0.3, -0.25) is 0 Å². The van der Waals surface area contributed by atoms with E-state index in [2.05, 4.69) is 12.2 Å². The van der Waals surface area contributed by atoms with Crippen LogP contribution in [0.25, 0.3) is 0 Å². The number of halogens is 1. The summed E-state index contributed by atoms with van der Waals surface area (Å²) in [4.78, 5) is 0.